The van der Waals surface area contributed by atoms with Crippen LogP contribution in [-0.2, 0) is 5.41 Å². The second-order valence-electron chi connectivity index (χ2n) is 7.29. The number of carbonyl (C=O) groups is 2. The molecule has 0 bridgehead atoms. The normalized spacial score (nSPS) is 14.0. The van der Waals surface area contributed by atoms with Gasteiger partial charge < -0.3 is 5.32 Å². The van der Waals surface area contributed by atoms with Crippen LogP contribution in [0.1, 0.15) is 34.8 Å². The minimum Gasteiger partial charge on any atom is -0.336 e. The van der Waals surface area contributed by atoms with E-state index in [4.69, 9.17) is 0 Å². The van der Waals surface area contributed by atoms with Gasteiger partial charge >= 0.3 is 6.03 Å². The van der Waals surface area contributed by atoms with Crippen molar-refractivity contribution in [1.29, 1.82) is 0 Å². The summed E-state index contributed by atoms with van der Waals surface area (Å²) in [6.45, 7) is 5.41. The Morgan fingerprint density at radius 1 is 1.10 bits per heavy atom. The second kappa shape index (κ2) is 7.63. The maximum atomic E-state index is 12.6. The molecule has 0 radical (unpaired) electrons. The summed E-state index contributed by atoms with van der Waals surface area (Å²) in [5.74, 6) is -0.261. The van der Waals surface area contributed by atoms with Gasteiger partial charge in [0.1, 0.15) is 5.01 Å². The Balaban J connectivity index is 1.46. The molecule has 1 aliphatic heterocycles. The fraction of sp³-hybridized carbons (Fsp3) is 0.238. The van der Waals surface area contributed by atoms with E-state index in [-0.39, 0.29) is 17.4 Å². The predicted molar refractivity (Wildman–Crippen MR) is 114 cm³/mol. The Labute approximate surface area is 172 Å². The zero-order chi connectivity index (χ0) is 20.4. The Morgan fingerprint density at radius 2 is 1.83 bits per heavy atom. The molecule has 2 heterocycles. The first-order valence-electron chi connectivity index (χ1n) is 9.31. The van der Waals surface area contributed by atoms with Crippen LogP contribution >= 0.6 is 11.3 Å². The largest absolute Gasteiger partial charge is 0.336 e. The molecule has 148 valence electrons. The maximum Gasteiger partial charge on any atom is 0.321 e. The standard InChI is InChI=1S/C21H21N5O2S/c1-21(2,15-6-4-3-5-7-15)18-24-25-19(29-18)23-17(27)14-8-10-16(11-9-14)26-13-12-22-20(26)28/h3-11H,12-13H2,1-2H3,(H,22,28)(H,23,25,27). The van der Waals surface area contributed by atoms with Crippen molar-refractivity contribution in [3.05, 3.63) is 70.7 Å². The van der Waals surface area contributed by atoms with Gasteiger partial charge in [-0.2, -0.15) is 0 Å². The molecule has 2 N–H and O–H groups in total. The van der Waals surface area contributed by atoms with E-state index in [0.29, 0.717) is 23.8 Å². The van der Waals surface area contributed by atoms with Crippen LogP contribution in [0.5, 0.6) is 0 Å². The lowest BCUT2D eigenvalue weighted by molar-refractivity contribution is 0.102. The number of urea groups is 1. The molecule has 2 aromatic carbocycles. The molecule has 0 saturated carbocycles. The van der Waals surface area contributed by atoms with Crippen molar-refractivity contribution in [3.63, 3.8) is 0 Å². The summed E-state index contributed by atoms with van der Waals surface area (Å²) < 4.78 is 0. The van der Waals surface area contributed by atoms with Crippen LogP contribution in [0.2, 0.25) is 0 Å². The van der Waals surface area contributed by atoms with Crippen molar-refractivity contribution < 1.29 is 9.59 Å². The van der Waals surface area contributed by atoms with E-state index in [1.807, 2.05) is 18.2 Å². The molecular weight excluding hydrogens is 386 g/mol. The number of anilines is 2. The quantitative estimate of drug-likeness (QED) is 0.676. The van der Waals surface area contributed by atoms with Gasteiger partial charge in [-0.3, -0.25) is 15.0 Å². The number of amides is 3. The Morgan fingerprint density at radius 3 is 2.48 bits per heavy atom. The Hall–Kier alpha value is -3.26. The average Bonchev–Trinajstić information content (AvgIpc) is 3.38. The van der Waals surface area contributed by atoms with Crippen molar-refractivity contribution in [2.75, 3.05) is 23.3 Å². The molecule has 0 unspecified atom stereocenters. The second-order valence-corrected chi connectivity index (χ2v) is 8.27. The Bertz CT molecular complexity index is 1030. The number of benzene rings is 2. The number of hydrogen-bond acceptors (Lipinski definition) is 5. The van der Waals surface area contributed by atoms with Crippen LogP contribution in [0.4, 0.5) is 15.6 Å². The number of hydrogen-bond donors (Lipinski definition) is 2. The molecule has 4 rings (SSSR count). The monoisotopic (exact) mass is 407 g/mol. The number of nitrogens with one attached hydrogen (secondary N) is 2. The van der Waals surface area contributed by atoms with E-state index >= 15 is 0 Å². The third kappa shape index (κ3) is 3.84. The van der Waals surface area contributed by atoms with E-state index < -0.39 is 0 Å². The SMILES string of the molecule is CC(C)(c1ccccc1)c1nnc(NC(=O)c2ccc(N3CCNC3=O)cc2)s1. The van der Waals surface area contributed by atoms with Crippen molar-refractivity contribution in [2.24, 2.45) is 0 Å². The van der Waals surface area contributed by atoms with Crippen molar-refractivity contribution in [1.82, 2.24) is 15.5 Å². The fourth-order valence-corrected chi connectivity index (χ4v) is 4.05. The molecule has 0 aliphatic carbocycles. The number of rotatable bonds is 5. The van der Waals surface area contributed by atoms with Gasteiger partial charge in [0.05, 0.1) is 0 Å². The first-order chi connectivity index (χ1) is 13.9. The molecule has 3 amide bonds. The lowest BCUT2D eigenvalue weighted by atomic mass is 9.85. The van der Waals surface area contributed by atoms with Crippen molar-refractivity contribution >= 4 is 34.1 Å². The molecule has 0 atom stereocenters. The predicted octanol–water partition coefficient (Wildman–Crippen LogP) is 3.65. The van der Waals surface area contributed by atoms with Gasteiger partial charge in [-0.1, -0.05) is 41.7 Å². The lowest BCUT2D eigenvalue weighted by Crippen LogP contribution is -2.27. The van der Waals surface area contributed by atoms with E-state index in [0.717, 1.165) is 16.3 Å². The maximum absolute atomic E-state index is 12.6. The van der Waals surface area contributed by atoms with E-state index in [9.17, 15) is 9.59 Å². The zero-order valence-corrected chi connectivity index (χ0v) is 17.0. The van der Waals surface area contributed by atoms with Gasteiger partial charge in [0, 0.05) is 29.8 Å². The average molecular weight is 407 g/mol. The molecule has 3 aromatic rings. The Kier molecular flexibility index (Phi) is 5.02. The van der Waals surface area contributed by atoms with Gasteiger partial charge in [-0.25, -0.2) is 4.79 Å². The van der Waals surface area contributed by atoms with Crippen LogP contribution in [0.25, 0.3) is 0 Å². The van der Waals surface area contributed by atoms with Gasteiger partial charge in [0.25, 0.3) is 5.91 Å². The van der Waals surface area contributed by atoms with Gasteiger partial charge in [-0.05, 0) is 43.7 Å². The van der Waals surface area contributed by atoms with Crippen LogP contribution in [0, 0.1) is 0 Å². The minimum atomic E-state index is -0.306. The number of aromatic nitrogens is 2. The smallest absolute Gasteiger partial charge is 0.321 e. The highest BCUT2D eigenvalue weighted by molar-refractivity contribution is 7.15. The summed E-state index contributed by atoms with van der Waals surface area (Å²) in [5.41, 5.74) is 2.09. The lowest BCUT2D eigenvalue weighted by Gasteiger charge is -2.21. The first-order valence-corrected chi connectivity index (χ1v) is 10.1. The topological polar surface area (TPSA) is 87.2 Å². The minimum absolute atomic E-state index is 0.121. The van der Waals surface area contributed by atoms with E-state index in [2.05, 4.69) is 46.8 Å². The van der Waals surface area contributed by atoms with Crippen LogP contribution in [0.3, 0.4) is 0 Å². The molecule has 29 heavy (non-hydrogen) atoms. The first kappa shape index (κ1) is 19.1. The summed E-state index contributed by atoms with van der Waals surface area (Å²) in [7, 11) is 0. The van der Waals surface area contributed by atoms with Gasteiger partial charge in [0.15, 0.2) is 0 Å². The fourth-order valence-electron chi connectivity index (χ4n) is 3.18. The number of nitrogens with zero attached hydrogens (tertiary/aromatic N) is 3. The highest BCUT2D eigenvalue weighted by atomic mass is 32.1. The third-order valence-electron chi connectivity index (χ3n) is 4.97. The summed E-state index contributed by atoms with van der Waals surface area (Å²) in [5, 5.41) is 15.3. The summed E-state index contributed by atoms with van der Waals surface area (Å²) >= 11 is 1.37. The van der Waals surface area contributed by atoms with Crippen molar-refractivity contribution in [2.45, 2.75) is 19.3 Å². The van der Waals surface area contributed by atoms with Gasteiger partial charge in [-0.15, -0.1) is 10.2 Å². The third-order valence-corrected chi connectivity index (χ3v) is 6.14. The summed E-state index contributed by atoms with van der Waals surface area (Å²) in [6, 6.07) is 16.9. The molecular formula is C21H21N5O2S. The number of carbonyl (C=O) groups excluding carboxylic acids is 2. The van der Waals surface area contributed by atoms with Crippen LogP contribution in [0.15, 0.2) is 54.6 Å². The molecule has 1 saturated heterocycles. The molecule has 8 heteroatoms. The zero-order valence-electron chi connectivity index (χ0n) is 16.2. The summed E-state index contributed by atoms with van der Waals surface area (Å²) in [6.07, 6.45) is 0. The highest BCUT2D eigenvalue weighted by Crippen LogP contribution is 2.34. The highest BCUT2D eigenvalue weighted by Gasteiger charge is 2.28. The van der Waals surface area contributed by atoms with E-state index in [1.54, 1.807) is 29.2 Å². The molecule has 1 fully saturated rings. The molecule has 1 aromatic heterocycles. The van der Waals surface area contributed by atoms with Crippen LogP contribution < -0.4 is 15.5 Å². The molecule has 7 nitrogen and oxygen atoms in total. The van der Waals surface area contributed by atoms with E-state index in [1.165, 1.54) is 11.3 Å². The molecule has 1 aliphatic rings. The van der Waals surface area contributed by atoms with Crippen molar-refractivity contribution in [3.8, 4) is 0 Å². The summed E-state index contributed by atoms with van der Waals surface area (Å²) in [4.78, 5) is 26.0. The molecule has 0 spiro atoms. The van der Waals surface area contributed by atoms with Gasteiger partial charge in [0.2, 0.25) is 5.13 Å². The van der Waals surface area contributed by atoms with Crippen LogP contribution in [-0.4, -0.2) is 35.2 Å².